The maximum atomic E-state index is 12.7. The Balaban J connectivity index is 0.00000168. The first-order valence-corrected chi connectivity index (χ1v) is 9.51. The van der Waals surface area contributed by atoms with Crippen LogP contribution in [0, 0.1) is 12.8 Å². The lowest BCUT2D eigenvalue weighted by atomic mass is 9.84. The van der Waals surface area contributed by atoms with Crippen LogP contribution in [0.3, 0.4) is 0 Å². The van der Waals surface area contributed by atoms with Crippen molar-refractivity contribution in [2.75, 3.05) is 13.1 Å². The third-order valence-corrected chi connectivity index (χ3v) is 6.11. The minimum absolute atomic E-state index is 0. The molecule has 1 N–H and O–H groups in total. The fourth-order valence-corrected chi connectivity index (χ4v) is 4.84. The van der Waals surface area contributed by atoms with Gasteiger partial charge in [-0.15, -0.1) is 12.4 Å². The van der Waals surface area contributed by atoms with Gasteiger partial charge >= 0.3 is 0 Å². The van der Waals surface area contributed by atoms with Crippen LogP contribution in [0.4, 0.5) is 0 Å². The highest BCUT2D eigenvalue weighted by Gasteiger charge is 2.31. The molecule has 0 radical (unpaired) electrons. The fourth-order valence-electron chi connectivity index (χ4n) is 4.84. The van der Waals surface area contributed by atoms with Gasteiger partial charge in [-0.25, -0.2) is 9.97 Å². The molecule has 26 heavy (non-hydrogen) atoms. The lowest BCUT2D eigenvalue weighted by molar-refractivity contribution is 0.257. The van der Waals surface area contributed by atoms with Gasteiger partial charge in [0.15, 0.2) is 5.82 Å². The fraction of sp³-hybridized carbons (Fsp3) is 0.550. The summed E-state index contributed by atoms with van der Waals surface area (Å²) >= 11 is 0. The van der Waals surface area contributed by atoms with E-state index in [0.717, 1.165) is 55.3 Å². The van der Waals surface area contributed by atoms with Gasteiger partial charge in [0.25, 0.3) is 5.56 Å². The van der Waals surface area contributed by atoms with E-state index in [-0.39, 0.29) is 18.0 Å². The Bertz CT molecular complexity index is 907. The zero-order valence-electron chi connectivity index (χ0n) is 15.1. The van der Waals surface area contributed by atoms with Crippen LogP contribution in [0.25, 0.3) is 11.4 Å². The van der Waals surface area contributed by atoms with E-state index in [4.69, 9.17) is 9.97 Å². The molecule has 0 unspecified atom stereocenters. The van der Waals surface area contributed by atoms with Gasteiger partial charge in [0.05, 0.1) is 0 Å². The molecule has 2 aromatic heterocycles. The van der Waals surface area contributed by atoms with E-state index in [1.54, 1.807) is 6.07 Å². The van der Waals surface area contributed by atoms with Crippen molar-refractivity contribution in [1.29, 1.82) is 0 Å². The van der Waals surface area contributed by atoms with E-state index < -0.39 is 0 Å². The van der Waals surface area contributed by atoms with Crippen molar-refractivity contribution >= 4 is 12.4 Å². The lowest BCUT2D eigenvalue weighted by Gasteiger charge is -2.37. The van der Waals surface area contributed by atoms with Crippen molar-refractivity contribution in [2.24, 2.45) is 5.92 Å². The summed E-state index contributed by atoms with van der Waals surface area (Å²) in [6, 6.07) is 3.90. The third-order valence-electron chi connectivity index (χ3n) is 6.11. The SMILES string of the molecule is Cc1nc(-c2cc3n(c(=O)c2)C[C@@H]2CNC[C@H]3C2)nc2c1CCCC2.Cl. The van der Waals surface area contributed by atoms with Crippen LogP contribution in [0.1, 0.15) is 47.8 Å². The number of hydrogen-bond donors (Lipinski definition) is 1. The van der Waals surface area contributed by atoms with Gasteiger partial charge in [0.1, 0.15) is 0 Å². The summed E-state index contributed by atoms with van der Waals surface area (Å²) in [5, 5.41) is 3.51. The Morgan fingerprint density at radius 1 is 1.15 bits per heavy atom. The number of piperidine rings is 1. The van der Waals surface area contributed by atoms with E-state index in [1.807, 2.05) is 4.57 Å². The van der Waals surface area contributed by atoms with Crippen molar-refractivity contribution in [3.8, 4) is 11.4 Å². The Morgan fingerprint density at radius 3 is 2.88 bits per heavy atom. The number of nitrogens with zero attached hydrogens (tertiary/aromatic N) is 3. The maximum Gasteiger partial charge on any atom is 0.251 e. The molecule has 2 bridgehead atoms. The molecule has 0 aromatic carbocycles. The summed E-state index contributed by atoms with van der Waals surface area (Å²) < 4.78 is 1.98. The van der Waals surface area contributed by atoms with Gasteiger partial charge in [-0.1, -0.05) is 0 Å². The summed E-state index contributed by atoms with van der Waals surface area (Å²) in [7, 11) is 0. The Kier molecular flexibility index (Phi) is 4.61. The molecule has 6 heteroatoms. The normalized spacial score (nSPS) is 23.6. The smallest absolute Gasteiger partial charge is 0.251 e. The predicted molar refractivity (Wildman–Crippen MR) is 104 cm³/mol. The zero-order chi connectivity index (χ0) is 17.0. The van der Waals surface area contributed by atoms with Crippen molar-refractivity contribution in [2.45, 2.75) is 51.5 Å². The molecule has 1 fully saturated rings. The first-order valence-electron chi connectivity index (χ1n) is 9.51. The first-order chi connectivity index (χ1) is 12.2. The number of aromatic nitrogens is 3. The molecule has 2 aliphatic heterocycles. The average Bonchev–Trinajstić information content (AvgIpc) is 2.63. The van der Waals surface area contributed by atoms with E-state index in [2.05, 4.69) is 18.3 Å². The molecule has 0 saturated carbocycles. The van der Waals surface area contributed by atoms with E-state index in [0.29, 0.717) is 11.8 Å². The number of halogens is 1. The first kappa shape index (κ1) is 17.7. The summed E-state index contributed by atoms with van der Waals surface area (Å²) in [6.07, 6.45) is 5.73. The van der Waals surface area contributed by atoms with Gasteiger partial charge in [-0.2, -0.15) is 0 Å². The van der Waals surface area contributed by atoms with E-state index in [1.165, 1.54) is 30.5 Å². The van der Waals surface area contributed by atoms with Crippen molar-refractivity contribution in [1.82, 2.24) is 19.9 Å². The Labute approximate surface area is 159 Å². The number of aryl methyl sites for hydroxylation is 2. The van der Waals surface area contributed by atoms with Crippen LogP contribution in [-0.2, 0) is 19.4 Å². The number of hydrogen-bond acceptors (Lipinski definition) is 4. The number of nitrogens with one attached hydrogen (secondary N) is 1. The minimum Gasteiger partial charge on any atom is -0.316 e. The maximum absolute atomic E-state index is 12.7. The molecule has 0 amide bonds. The molecule has 1 aliphatic carbocycles. The molecule has 5 rings (SSSR count). The molecule has 3 aliphatic rings. The molecule has 1 saturated heterocycles. The van der Waals surface area contributed by atoms with E-state index in [9.17, 15) is 4.79 Å². The second kappa shape index (κ2) is 6.78. The standard InChI is InChI=1S/C20H24N4O.ClH/c1-12-16-4-2-3-5-17(16)23-20(22-12)14-7-18-15-6-13(9-21-10-15)11-24(18)19(25)8-14;/h7-8,13,15,21H,2-6,9-11H2,1H3;1H/t13-,15+;/m0./s1. The van der Waals surface area contributed by atoms with Crippen LogP contribution < -0.4 is 10.9 Å². The second-order valence-electron chi connectivity index (χ2n) is 7.84. The molecule has 138 valence electrons. The monoisotopic (exact) mass is 372 g/mol. The lowest BCUT2D eigenvalue weighted by Crippen LogP contribution is -2.44. The van der Waals surface area contributed by atoms with Crippen LogP contribution >= 0.6 is 12.4 Å². The highest BCUT2D eigenvalue weighted by atomic mass is 35.5. The topological polar surface area (TPSA) is 59.8 Å². The molecule has 2 atom stereocenters. The van der Waals surface area contributed by atoms with Crippen LogP contribution in [0.15, 0.2) is 16.9 Å². The average molecular weight is 373 g/mol. The summed E-state index contributed by atoms with van der Waals surface area (Å²) in [5.41, 5.74) is 5.73. The minimum atomic E-state index is 0. The van der Waals surface area contributed by atoms with Gasteiger partial charge < -0.3 is 9.88 Å². The summed E-state index contributed by atoms with van der Waals surface area (Å²) in [5.74, 6) is 1.74. The van der Waals surface area contributed by atoms with Gasteiger partial charge in [-0.05, 0) is 63.1 Å². The van der Waals surface area contributed by atoms with Crippen molar-refractivity contribution < 1.29 is 0 Å². The Hall–Kier alpha value is -1.72. The van der Waals surface area contributed by atoms with Gasteiger partial charge in [0, 0.05) is 47.7 Å². The van der Waals surface area contributed by atoms with Crippen molar-refractivity contribution in [3.63, 3.8) is 0 Å². The molecule has 4 heterocycles. The van der Waals surface area contributed by atoms with Crippen LogP contribution in [0.2, 0.25) is 0 Å². The summed E-state index contributed by atoms with van der Waals surface area (Å²) in [6.45, 7) is 4.90. The van der Waals surface area contributed by atoms with Crippen LogP contribution in [0.5, 0.6) is 0 Å². The quantitative estimate of drug-likeness (QED) is 0.836. The number of pyridine rings is 1. The van der Waals surface area contributed by atoms with Gasteiger partial charge in [-0.3, -0.25) is 4.79 Å². The third kappa shape index (κ3) is 2.87. The van der Waals surface area contributed by atoms with Crippen LogP contribution in [-0.4, -0.2) is 27.6 Å². The molecule has 0 spiro atoms. The zero-order valence-corrected chi connectivity index (χ0v) is 15.9. The van der Waals surface area contributed by atoms with Gasteiger partial charge in [0.2, 0.25) is 0 Å². The number of fused-ring (bicyclic) bond motifs is 5. The Morgan fingerprint density at radius 2 is 2.00 bits per heavy atom. The molecular weight excluding hydrogens is 348 g/mol. The summed E-state index contributed by atoms with van der Waals surface area (Å²) in [4.78, 5) is 22.3. The second-order valence-corrected chi connectivity index (χ2v) is 7.84. The highest BCUT2D eigenvalue weighted by Crippen LogP contribution is 2.33. The molecular formula is C20H25ClN4O. The largest absolute Gasteiger partial charge is 0.316 e. The highest BCUT2D eigenvalue weighted by molar-refractivity contribution is 5.85. The number of rotatable bonds is 1. The molecule has 5 nitrogen and oxygen atoms in total. The van der Waals surface area contributed by atoms with E-state index >= 15 is 0 Å². The van der Waals surface area contributed by atoms with Crippen molar-refractivity contribution in [3.05, 3.63) is 45.1 Å². The molecule has 2 aromatic rings. The predicted octanol–water partition coefficient (Wildman–Crippen LogP) is 2.62.